The smallest absolute Gasteiger partial charge is 0.237 e. The van der Waals surface area contributed by atoms with Crippen LogP contribution in [-0.4, -0.2) is 4.98 Å². The number of fused-ring (bicyclic) bond motifs is 1. The third kappa shape index (κ3) is 2.08. The fraction of sp³-hybridized carbons (Fsp3) is 0.250. The molecule has 1 aliphatic carbocycles. The Kier molecular flexibility index (Phi) is 3.03. The Morgan fingerprint density at radius 1 is 1.35 bits per heavy atom. The molecule has 1 heterocycles. The number of pyridine rings is 1. The Bertz CT molecular complexity index is 716. The van der Waals surface area contributed by atoms with E-state index in [1.54, 1.807) is 0 Å². The average Bonchev–Trinajstić information content (AvgIpc) is 2.90. The summed E-state index contributed by atoms with van der Waals surface area (Å²) in [6, 6.07) is 9.54. The van der Waals surface area contributed by atoms with Gasteiger partial charge in [-0.05, 0) is 49.9 Å². The van der Waals surface area contributed by atoms with Crippen LogP contribution in [0.2, 0.25) is 0 Å². The lowest BCUT2D eigenvalue weighted by Gasteiger charge is -2.11. The molecule has 1 aromatic heterocycles. The molecular formula is C16H15N3O. The molecule has 0 bridgehead atoms. The van der Waals surface area contributed by atoms with E-state index < -0.39 is 0 Å². The van der Waals surface area contributed by atoms with E-state index in [9.17, 15) is 5.26 Å². The third-order valence-electron chi connectivity index (χ3n) is 3.67. The number of aryl methyl sites for hydroxylation is 2. The molecule has 0 atom stereocenters. The Morgan fingerprint density at radius 3 is 3.00 bits per heavy atom. The number of nitrogen functional groups attached to an aromatic ring is 1. The summed E-state index contributed by atoms with van der Waals surface area (Å²) in [5.74, 6) is 1.02. The second-order valence-electron chi connectivity index (χ2n) is 4.98. The van der Waals surface area contributed by atoms with Gasteiger partial charge in [-0.2, -0.15) is 5.26 Å². The van der Waals surface area contributed by atoms with Crippen molar-refractivity contribution in [2.45, 2.75) is 26.2 Å². The van der Waals surface area contributed by atoms with Gasteiger partial charge in [0, 0.05) is 16.9 Å². The topological polar surface area (TPSA) is 71.9 Å². The van der Waals surface area contributed by atoms with Crippen LogP contribution in [0.5, 0.6) is 11.6 Å². The molecule has 3 rings (SSSR count). The van der Waals surface area contributed by atoms with E-state index >= 15 is 0 Å². The molecule has 0 radical (unpaired) electrons. The number of nitriles is 1. The number of nitrogens with two attached hydrogens (primary N) is 1. The van der Waals surface area contributed by atoms with E-state index in [-0.39, 0.29) is 0 Å². The van der Waals surface area contributed by atoms with E-state index in [2.05, 4.69) is 11.1 Å². The second kappa shape index (κ2) is 4.86. The number of hydrogen-bond acceptors (Lipinski definition) is 4. The molecule has 0 spiro atoms. The van der Waals surface area contributed by atoms with Crippen LogP contribution in [0.4, 0.5) is 5.69 Å². The lowest BCUT2D eigenvalue weighted by Crippen LogP contribution is -1.99. The highest BCUT2D eigenvalue weighted by atomic mass is 16.5. The van der Waals surface area contributed by atoms with Gasteiger partial charge in [0.05, 0.1) is 0 Å². The van der Waals surface area contributed by atoms with Gasteiger partial charge >= 0.3 is 0 Å². The first-order chi connectivity index (χ1) is 9.69. The van der Waals surface area contributed by atoms with Crippen LogP contribution < -0.4 is 10.5 Å². The number of rotatable bonds is 2. The molecule has 0 saturated heterocycles. The van der Waals surface area contributed by atoms with E-state index in [0.717, 1.165) is 36.1 Å². The number of nitrogens with zero attached hydrogens (tertiary/aromatic N) is 2. The van der Waals surface area contributed by atoms with Gasteiger partial charge in [0.2, 0.25) is 5.88 Å². The van der Waals surface area contributed by atoms with E-state index in [0.29, 0.717) is 22.9 Å². The zero-order valence-electron chi connectivity index (χ0n) is 11.3. The van der Waals surface area contributed by atoms with Gasteiger partial charge in [-0.3, -0.25) is 0 Å². The molecule has 4 heteroatoms. The van der Waals surface area contributed by atoms with Crippen molar-refractivity contribution in [2.24, 2.45) is 0 Å². The van der Waals surface area contributed by atoms with Gasteiger partial charge in [0.15, 0.2) is 0 Å². The predicted octanol–water partition coefficient (Wildman–Crippen LogP) is 3.12. The minimum Gasteiger partial charge on any atom is -0.437 e. The Labute approximate surface area is 117 Å². The molecule has 0 unspecified atom stereocenters. The zero-order chi connectivity index (χ0) is 14.1. The highest BCUT2D eigenvalue weighted by Crippen LogP contribution is 2.32. The number of ether oxygens (including phenoxy) is 1. The Morgan fingerprint density at radius 2 is 2.20 bits per heavy atom. The SMILES string of the molecule is Cc1c(N)cccc1Oc1nc2c(cc1C#N)CCC2. The second-order valence-corrected chi connectivity index (χ2v) is 4.98. The minimum atomic E-state index is 0.377. The third-order valence-corrected chi connectivity index (χ3v) is 3.67. The maximum atomic E-state index is 9.26. The van der Waals surface area contributed by atoms with Crippen molar-refractivity contribution < 1.29 is 4.74 Å². The molecule has 20 heavy (non-hydrogen) atoms. The molecule has 4 nitrogen and oxygen atoms in total. The molecule has 0 saturated carbocycles. The van der Waals surface area contributed by atoms with Crippen molar-refractivity contribution in [1.29, 1.82) is 5.26 Å². The van der Waals surface area contributed by atoms with Crippen LogP contribution in [0.25, 0.3) is 0 Å². The van der Waals surface area contributed by atoms with Crippen molar-refractivity contribution in [2.75, 3.05) is 5.73 Å². The fourth-order valence-electron chi connectivity index (χ4n) is 2.46. The summed E-state index contributed by atoms with van der Waals surface area (Å²) in [7, 11) is 0. The molecule has 0 amide bonds. The lowest BCUT2D eigenvalue weighted by molar-refractivity contribution is 0.456. The van der Waals surface area contributed by atoms with E-state index in [4.69, 9.17) is 10.5 Å². The molecule has 1 aliphatic rings. The highest BCUT2D eigenvalue weighted by Gasteiger charge is 2.18. The van der Waals surface area contributed by atoms with Crippen molar-refractivity contribution in [3.8, 4) is 17.7 Å². The van der Waals surface area contributed by atoms with Crippen LogP contribution in [0.15, 0.2) is 24.3 Å². The number of hydrogen-bond donors (Lipinski definition) is 1. The van der Waals surface area contributed by atoms with E-state index in [1.807, 2.05) is 31.2 Å². The number of anilines is 1. The fourth-order valence-corrected chi connectivity index (χ4v) is 2.46. The molecule has 100 valence electrons. The largest absolute Gasteiger partial charge is 0.437 e. The average molecular weight is 265 g/mol. The summed E-state index contributed by atoms with van der Waals surface area (Å²) in [6.07, 6.45) is 3.04. The van der Waals surface area contributed by atoms with Crippen LogP contribution >= 0.6 is 0 Å². The van der Waals surface area contributed by atoms with Crippen molar-refractivity contribution in [3.63, 3.8) is 0 Å². The minimum absolute atomic E-state index is 0.377. The quantitative estimate of drug-likeness (QED) is 0.847. The molecule has 0 aliphatic heterocycles. The standard InChI is InChI=1S/C16H15N3O/c1-10-13(18)5-3-7-15(10)20-16-12(9-17)8-11-4-2-6-14(11)19-16/h3,5,7-8H,2,4,6,18H2,1H3. The number of benzene rings is 1. The van der Waals surface area contributed by atoms with Crippen LogP contribution in [0, 0.1) is 18.3 Å². The van der Waals surface area contributed by atoms with Gasteiger partial charge in [-0.1, -0.05) is 6.07 Å². The summed E-state index contributed by atoms with van der Waals surface area (Å²) in [5.41, 5.74) is 10.1. The lowest BCUT2D eigenvalue weighted by atomic mass is 10.1. The first kappa shape index (κ1) is 12.5. The molecule has 1 aromatic carbocycles. The summed E-state index contributed by atoms with van der Waals surface area (Å²) < 4.78 is 5.82. The van der Waals surface area contributed by atoms with Crippen LogP contribution in [0.3, 0.4) is 0 Å². The van der Waals surface area contributed by atoms with Crippen molar-refractivity contribution in [3.05, 3.63) is 46.6 Å². The first-order valence-electron chi connectivity index (χ1n) is 6.65. The normalized spacial score (nSPS) is 12.8. The molecule has 0 fully saturated rings. The van der Waals surface area contributed by atoms with E-state index in [1.165, 1.54) is 0 Å². The van der Waals surface area contributed by atoms with Gasteiger partial charge in [-0.25, -0.2) is 4.98 Å². The van der Waals surface area contributed by atoms with Gasteiger partial charge in [0.25, 0.3) is 0 Å². The maximum Gasteiger partial charge on any atom is 0.237 e. The summed E-state index contributed by atoms with van der Waals surface area (Å²) >= 11 is 0. The molecular weight excluding hydrogens is 250 g/mol. The summed E-state index contributed by atoms with van der Waals surface area (Å²) in [5, 5.41) is 9.26. The predicted molar refractivity (Wildman–Crippen MR) is 76.6 cm³/mol. The summed E-state index contributed by atoms with van der Waals surface area (Å²) in [4.78, 5) is 4.50. The molecule has 2 N–H and O–H groups in total. The monoisotopic (exact) mass is 265 g/mol. The zero-order valence-corrected chi connectivity index (χ0v) is 11.3. The van der Waals surface area contributed by atoms with Crippen molar-refractivity contribution >= 4 is 5.69 Å². The number of aromatic nitrogens is 1. The Hall–Kier alpha value is -2.54. The van der Waals surface area contributed by atoms with Crippen LogP contribution in [0.1, 0.15) is 28.8 Å². The van der Waals surface area contributed by atoms with Gasteiger partial charge < -0.3 is 10.5 Å². The molecule has 2 aromatic rings. The van der Waals surface area contributed by atoms with Gasteiger partial charge in [0.1, 0.15) is 17.4 Å². The van der Waals surface area contributed by atoms with Crippen molar-refractivity contribution in [1.82, 2.24) is 4.98 Å². The first-order valence-corrected chi connectivity index (χ1v) is 6.65. The Balaban J connectivity index is 2.03. The van der Waals surface area contributed by atoms with Crippen LogP contribution in [-0.2, 0) is 12.8 Å². The summed E-state index contributed by atoms with van der Waals surface area (Å²) in [6.45, 7) is 1.89. The maximum absolute atomic E-state index is 9.26. The highest BCUT2D eigenvalue weighted by molar-refractivity contribution is 5.55. The van der Waals surface area contributed by atoms with Gasteiger partial charge in [-0.15, -0.1) is 0 Å².